The third-order valence-electron chi connectivity index (χ3n) is 2.76. The topological polar surface area (TPSA) is 52.0 Å². The van der Waals surface area contributed by atoms with Crippen molar-refractivity contribution in [2.75, 3.05) is 0 Å². The fraction of sp³-hybridized carbons (Fsp3) is 1.00. The number of rotatable bonds is 0. The van der Waals surface area contributed by atoms with Crippen LogP contribution < -0.4 is 11.5 Å². The van der Waals surface area contributed by atoms with Crippen molar-refractivity contribution in [3.05, 3.63) is 0 Å². The molecule has 0 aliphatic heterocycles. The van der Waals surface area contributed by atoms with E-state index in [9.17, 15) is 0 Å². The Balaban J connectivity index is 2.24. The first-order valence-corrected chi connectivity index (χ1v) is 5.30. The van der Waals surface area contributed by atoms with Gasteiger partial charge in [0.15, 0.2) is 0 Å². The van der Waals surface area contributed by atoms with Crippen molar-refractivity contribution in [1.82, 2.24) is 0 Å². The van der Waals surface area contributed by atoms with E-state index in [4.69, 9.17) is 11.5 Å². The van der Waals surface area contributed by atoms with E-state index >= 15 is 0 Å². The van der Waals surface area contributed by atoms with Gasteiger partial charge in [-0.05, 0) is 19.3 Å². The van der Waals surface area contributed by atoms with Crippen molar-refractivity contribution in [2.24, 2.45) is 11.5 Å². The van der Waals surface area contributed by atoms with Crippen molar-refractivity contribution in [2.45, 2.75) is 63.5 Å². The molecule has 1 aliphatic carbocycles. The van der Waals surface area contributed by atoms with Gasteiger partial charge in [-0.1, -0.05) is 32.1 Å². The van der Waals surface area contributed by atoms with Crippen LogP contribution in [0, 0.1) is 0 Å². The first-order chi connectivity index (χ1) is 5.79. The maximum absolute atomic E-state index is 5.94. The number of hydrogen-bond acceptors (Lipinski definition) is 2. The van der Waals surface area contributed by atoms with Gasteiger partial charge in [0.25, 0.3) is 0 Å². The molecule has 1 unspecified atom stereocenters. The van der Waals surface area contributed by atoms with Crippen LogP contribution in [0.1, 0.15) is 51.4 Å². The van der Waals surface area contributed by atoms with Crippen molar-refractivity contribution in [3.63, 3.8) is 0 Å². The molecule has 0 aromatic heterocycles. The smallest absolute Gasteiger partial charge is 0.00535 e. The maximum atomic E-state index is 5.94. The second kappa shape index (κ2) is 5.55. The summed E-state index contributed by atoms with van der Waals surface area (Å²) in [6.07, 6.45) is 10.1. The zero-order valence-corrected chi connectivity index (χ0v) is 7.97. The standard InChI is InChI=1S/C10H22N2/c11-9-6-4-2-1-3-5-7-10(12)8-9/h9-10H,1-8,11-12H2/t9-,10?/m0/s1. The van der Waals surface area contributed by atoms with Crippen LogP contribution >= 0.6 is 0 Å². The highest BCUT2D eigenvalue weighted by Gasteiger charge is 2.10. The Bertz CT molecular complexity index is 102. The summed E-state index contributed by atoms with van der Waals surface area (Å²) < 4.78 is 0. The first kappa shape index (κ1) is 10.0. The fourth-order valence-electron chi connectivity index (χ4n) is 1.97. The lowest BCUT2D eigenvalue weighted by Crippen LogP contribution is -2.31. The van der Waals surface area contributed by atoms with Crippen molar-refractivity contribution >= 4 is 0 Å². The predicted molar refractivity (Wildman–Crippen MR) is 52.9 cm³/mol. The van der Waals surface area contributed by atoms with Crippen LogP contribution in [0.25, 0.3) is 0 Å². The third-order valence-corrected chi connectivity index (χ3v) is 2.76. The molecule has 0 aromatic carbocycles. The molecular formula is C10H22N2. The summed E-state index contributed by atoms with van der Waals surface area (Å²) in [5.41, 5.74) is 11.9. The summed E-state index contributed by atoms with van der Waals surface area (Å²) in [5, 5.41) is 0. The molecule has 2 nitrogen and oxygen atoms in total. The summed E-state index contributed by atoms with van der Waals surface area (Å²) in [4.78, 5) is 0. The van der Waals surface area contributed by atoms with E-state index in [1.807, 2.05) is 0 Å². The van der Waals surface area contributed by atoms with Crippen LogP contribution in [-0.4, -0.2) is 12.1 Å². The Morgan fingerprint density at radius 2 is 1.08 bits per heavy atom. The van der Waals surface area contributed by atoms with Crippen molar-refractivity contribution in [1.29, 1.82) is 0 Å². The van der Waals surface area contributed by atoms with Gasteiger partial charge < -0.3 is 11.5 Å². The monoisotopic (exact) mass is 170 g/mol. The molecule has 0 saturated heterocycles. The highest BCUT2D eigenvalue weighted by atomic mass is 14.7. The van der Waals surface area contributed by atoms with E-state index in [0.29, 0.717) is 12.1 Å². The van der Waals surface area contributed by atoms with Crippen LogP contribution in [0.15, 0.2) is 0 Å². The zero-order valence-electron chi connectivity index (χ0n) is 7.97. The average Bonchev–Trinajstić information content (AvgIpc) is 2.02. The molecule has 4 N–H and O–H groups in total. The van der Waals surface area contributed by atoms with Gasteiger partial charge >= 0.3 is 0 Å². The minimum atomic E-state index is 0.359. The van der Waals surface area contributed by atoms with E-state index in [0.717, 1.165) is 6.42 Å². The van der Waals surface area contributed by atoms with Gasteiger partial charge in [-0.3, -0.25) is 0 Å². The molecule has 0 radical (unpaired) electrons. The second-order valence-corrected chi connectivity index (χ2v) is 4.10. The Kier molecular flexibility index (Phi) is 4.62. The van der Waals surface area contributed by atoms with Crippen LogP contribution in [0.4, 0.5) is 0 Å². The quantitative estimate of drug-likeness (QED) is 0.582. The summed E-state index contributed by atoms with van der Waals surface area (Å²) in [6, 6.07) is 0.719. The van der Waals surface area contributed by atoms with Crippen LogP contribution in [-0.2, 0) is 0 Å². The molecule has 0 bridgehead atoms. The molecule has 1 fully saturated rings. The summed E-state index contributed by atoms with van der Waals surface area (Å²) in [5.74, 6) is 0. The van der Waals surface area contributed by atoms with E-state index in [1.54, 1.807) is 0 Å². The molecule has 72 valence electrons. The van der Waals surface area contributed by atoms with E-state index in [-0.39, 0.29) is 0 Å². The molecule has 2 atom stereocenters. The minimum Gasteiger partial charge on any atom is -0.328 e. The predicted octanol–water partition coefficient (Wildman–Crippen LogP) is 1.78. The molecule has 0 aromatic rings. The minimum absolute atomic E-state index is 0.359. The lowest BCUT2D eigenvalue weighted by molar-refractivity contribution is 0.423. The van der Waals surface area contributed by atoms with Gasteiger partial charge in [0, 0.05) is 12.1 Å². The SMILES string of the molecule is NC1CCCCCCC[C@H](N)C1. The largest absolute Gasteiger partial charge is 0.328 e. The van der Waals surface area contributed by atoms with E-state index < -0.39 is 0 Å². The highest BCUT2D eigenvalue weighted by molar-refractivity contribution is 4.72. The lowest BCUT2D eigenvalue weighted by atomic mass is 9.95. The fourth-order valence-corrected chi connectivity index (χ4v) is 1.97. The summed E-state index contributed by atoms with van der Waals surface area (Å²) in [7, 11) is 0. The Morgan fingerprint density at radius 1 is 0.667 bits per heavy atom. The number of nitrogens with two attached hydrogens (primary N) is 2. The second-order valence-electron chi connectivity index (χ2n) is 4.10. The van der Waals surface area contributed by atoms with Crippen molar-refractivity contribution < 1.29 is 0 Å². The molecule has 2 heteroatoms. The third kappa shape index (κ3) is 4.07. The molecule has 1 saturated carbocycles. The van der Waals surface area contributed by atoms with Gasteiger partial charge in [-0.15, -0.1) is 0 Å². The van der Waals surface area contributed by atoms with Crippen molar-refractivity contribution in [3.8, 4) is 0 Å². The average molecular weight is 170 g/mol. The lowest BCUT2D eigenvalue weighted by Gasteiger charge is -2.18. The maximum Gasteiger partial charge on any atom is 0.00535 e. The Labute approximate surface area is 75.7 Å². The van der Waals surface area contributed by atoms with E-state index in [2.05, 4.69) is 0 Å². The van der Waals surface area contributed by atoms with Crippen LogP contribution in [0.3, 0.4) is 0 Å². The molecule has 12 heavy (non-hydrogen) atoms. The highest BCUT2D eigenvalue weighted by Crippen LogP contribution is 2.15. The van der Waals surface area contributed by atoms with Gasteiger partial charge in [-0.2, -0.15) is 0 Å². The summed E-state index contributed by atoms with van der Waals surface area (Å²) >= 11 is 0. The molecule has 1 rings (SSSR count). The van der Waals surface area contributed by atoms with Crippen LogP contribution in [0.5, 0.6) is 0 Å². The molecule has 0 heterocycles. The van der Waals surface area contributed by atoms with Crippen LogP contribution in [0.2, 0.25) is 0 Å². The number of hydrogen-bond donors (Lipinski definition) is 2. The van der Waals surface area contributed by atoms with Gasteiger partial charge in [0.2, 0.25) is 0 Å². The normalized spacial score (nSPS) is 34.5. The zero-order chi connectivity index (χ0) is 8.81. The van der Waals surface area contributed by atoms with Gasteiger partial charge in [0.1, 0.15) is 0 Å². The molecule has 0 amide bonds. The van der Waals surface area contributed by atoms with E-state index in [1.165, 1.54) is 44.9 Å². The molecule has 1 aliphatic rings. The Morgan fingerprint density at radius 3 is 1.58 bits per heavy atom. The molecule has 0 spiro atoms. The van der Waals surface area contributed by atoms with Gasteiger partial charge in [0.05, 0.1) is 0 Å². The summed E-state index contributed by atoms with van der Waals surface area (Å²) in [6.45, 7) is 0. The van der Waals surface area contributed by atoms with Gasteiger partial charge in [-0.25, -0.2) is 0 Å². The Hall–Kier alpha value is -0.0800. The molecular weight excluding hydrogens is 148 g/mol. The first-order valence-electron chi connectivity index (χ1n) is 5.30.